The van der Waals surface area contributed by atoms with E-state index >= 15 is 0 Å². The van der Waals surface area contributed by atoms with Crippen molar-refractivity contribution in [2.45, 2.75) is 70.1 Å². The summed E-state index contributed by atoms with van der Waals surface area (Å²) in [6.07, 6.45) is -0.311. The summed E-state index contributed by atoms with van der Waals surface area (Å²) in [5.41, 5.74) is 2.88. The molecule has 1 fully saturated rings. The van der Waals surface area contributed by atoms with Crippen molar-refractivity contribution in [2.75, 3.05) is 26.4 Å². The van der Waals surface area contributed by atoms with Gasteiger partial charge in [0.1, 0.15) is 17.1 Å². The van der Waals surface area contributed by atoms with Crippen LogP contribution >= 0.6 is 23.5 Å². The molecule has 2 heterocycles. The highest BCUT2D eigenvalue weighted by Gasteiger charge is 2.37. The summed E-state index contributed by atoms with van der Waals surface area (Å²) in [6, 6.07) is 2.70. The molecule has 0 unspecified atom stereocenters. The third-order valence-corrected chi connectivity index (χ3v) is 9.20. The van der Waals surface area contributed by atoms with Crippen LogP contribution in [-0.4, -0.2) is 74.1 Å². The van der Waals surface area contributed by atoms with E-state index in [1.807, 2.05) is 0 Å². The van der Waals surface area contributed by atoms with Crippen molar-refractivity contribution >= 4 is 71.2 Å². The molecule has 276 valence electrons. The summed E-state index contributed by atoms with van der Waals surface area (Å²) in [7, 11) is 0. The first-order valence-electron chi connectivity index (χ1n) is 15.4. The maximum atomic E-state index is 12.8. The molecule has 2 N–H and O–H groups in total. The van der Waals surface area contributed by atoms with Crippen LogP contribution in [0, 0.1) is 10.8 Å². The van der Waals surface area contributed by atoms with Gasteiger partial charge in [0, 0.05) is 23.8 Å². The highest BCUT2D eigenvalue weighted by atomic mass is 32.2. The molecule has 51 heavy (non-hydrogen) atoms. The number of ether oxygens (including phenoxy) is 6. The van der Waals surface area contributed by atoms with E-state index in [0.29, 0.717) is 0 Å². The van der Waals surface area contributed by atoms with Gasteiger partial charge in [-0.05, 0) is 12.1 Å². The van der Waals surface area contributed by atoms with E-state index in [1.165, 1.54) is 19.1 Å². The lowest BCUT2D eigenvalue weighted by Gasteiger charge is -2.23. The largest absolute Gasteiger partial charge is 0.465 e. The van der Waals surface area contributed by atoms with Crippen LogP contribution in [-0.2, 0) is 57.3 Å². The Hall–Kier alpha value is -4.84. The van der Waals surface area contributed by atoms with E-state index in [4.69, 9.17) is 28.4 Å². The average Bonchev–Trinajstić information content (AvgIpc) is 3.66. The Morgan fingerprint density at radius 1 is 0.667 bits per heavy atom. The fourth-order valence-electron chi connectivity index (χ4n) is 3.87. The van der Waals surface area contributed by atoms with Crippen LogP contribution in [0.3, 0.4) is 0 Å². The number of carbonyl (C=O) groups is 8. The third-order valence-electron chi connectivity index (χ3n) is 6.58. The minimum absolute atomic E-state index is 0.0141. The number of amides is 2. The van der Waals surface area contributed by atoms with Gasteiger partial charge >= 0.3 is 35.8 Å². The van der Waals surface area contributed by atoms with Crippen LogP contribution in [0.15, 0.2) is 44.4 Å². The number of hydrazine groups is 1. The molecule has 18 heteroatoms. The molecule has 2 aliphatic rings. The Labute approximate surface area is 301 Å². The van der Waals surface area contributed by atoms with Gasteiger partial charge in [-0.1, -0.05) is 57.8 Å². The summed E-state index contributed by atoms with van der Waals surface area (Å²) in [4.78, 5) is 97.7. The van der Waals surface area contributed by atoms with Gasteiger partial charge in [0.2, 0.25) is 0 Å². The first-order chi connectivity index (χ1) is 23.9. The Morgan fingerprint density at radius 2 is 1.06 bits per heavy atom. The molecule has 1 aromatic rings. The van der Waals surface area contributed by atoms with E-state index in [2.05, 4.69) is 17.4 Å². The molecule has 1 saturated heterocycles. The van der Waals surface area contributed by atoms with Gasteiger partial charge in [-0.15, -0.1) is 0 Å². The van der Waals surface area contributed by atoms with E-state index in [0.717, 1.165) is 29.6 Å². The van der Waals surface area contributed by atoms with Crippen LogP contribution < -0.4 is 20.3 Å². The summed E-state index contributed by atoms with van der Waals surface area (Å²) in [6.45, 7) is 11.4. The molecule has 0 saturated carbocycles. The number of nitrogens with one attached hydrogen (secondary N) is 2. The second-order valence-corrected chi connectivity index (χ2v) is 15.0. The Balaban J connectivity index is 1.64. The number of carbonyl (C=O) groups excluding carboxylic acids is 8. The zero-order valence-corrected chi connectivity index (χ0v) is 30.3. The SMILES string of the molecule is C=CC(=O)OCC(C)(C)COC(=O)CCC(=O)Oc1ccc(OC(=O)CCC(=O)OCC(C)(C)COC(C)=O)c2c1SC(=C1C(=O)NNC1=O)S2. The highest BCUT2D eigenvalue weighted by Crippen LogP contribution is 2.59. The Morgan fingerprint density at radius 3 is 1.47 bits per heavy atom. The van der Waals surface area contributed by atoms with Gasteiger partial charge < -0.3 is 28.4 Å². The van der Waals surface area contributed by atoms with Crippen molar-refractivity contribution in [3.05, 3.63) is 34.6 Å². The zero-order chi connectivity index (χ0) is 37.9. The standard InChI is InChI=1S/C33H38N2O14S2/c1-7-21(37)45-15-33(5,6)17-47-23(39)11-13-25(41)49-20-9-8-19(27-28(20)51-31(50-27)26-29(42)34-35-30(26)43)48-24(40)12-10-22(38)46-16-32(3,4)14-44-18(2)36/h7-9H,1,10-17H2,2-6H3,(H,34,42)(H,35,43). The summed E-state index contributed by atoms with van der Waals surface area (Å²) in [5.74, 6) is -5.37. The molecule has 1 aromatic carbocycles. The smallest absolute Gasteiger partial charge is 0.330 e. The fourth-order valence-corrected chi connectivity index (χ4v) is 6.54. The summed E-state index contributed by atoms with van der Waals surface area (Å²) >= 11 is 1.88. The third kappa shape index (κ3) is 12.8. The Kier molecular flexibility index (Phi) is 14.2. The lowest BCUT2D eigenvalue weighted by atomic mass is 9.96. The van der Waals surface area contributed by atoms with Crippen LogP contribution in [0.25, 0.3) is 0 Å². The minimum atomic E-state index is -0.796. The van der Waals surface area contributed by atoms with Crippen molar-refractivity contribution in [1.29, 1.82) is 0 Å². The van der Waals surface area contributed by atoms with Gasteiger partial charge in [0.25, 0.3) is 11.8 Å². The number of hydrogen-bond acceptors (Lipinski definition) is 16. The van der Waals surface area contributed by atoms with Gasteiger partial charge in [-0.2, -0.15) is 0 Å². The highest BCUT2D eigenvalue weighted by molar-refractivity contribution is 8.25. The monoisotopic (exact) mass is 750 g/mol. The Bertz CT molecular complexity index is 1630. The molecular formula is C33H38N2O14S2. The van der Waals surface area contributed by atoms with Crippen molar-refractivity contribution < 1.29 is 66.8 Å². The maximum absolute atomic E-state index is 12.8. The van der Waals surface area contributed by atoms with Crippen LogP contribution in [0.2, 0.25) is 0 Å². The van der Waals surface area contributed by atoms with Crippen molar-refractivity contribution in [2.24, 2.45) is 10.8 Å². The topological polar surface area (TPSA) is 216 Å². The number of esters is 6. The van der Waals surface area contributed by atoms with Crippen LogP contribution in [0.5, 0.6) is 11.5 Å². The molecule has 0 radical (unpaired) electrons. The van der Waals surface area contributed by atoms with Crippen LogP contribution in [0.4, 0.5) is 0 Å². The number of fused-ring (bicyclic) bond motifs is 1. The summed E-state index contributed by atoms with van der Waals surface area (Å²) in [5, 5.41) is 0. The molecule has 0 aromatic heterocycles. The van der Waals surface area contributed by atoms with E-state index in [1.54, 1.807) is 27.7 Å². The zero-order valence-electron chi connectivity index (χ0n) is 28.6. The van der Waals surface area contributed by atoms with E-state index in [-0.39, 0.29) is 83.2 Å². The lowest BCUT2D eigenvalue weighted by Crippen LogP contribution is -2.28. The second kappa shape index (κ2) is 17.9. The van der Waals surface area contributed by atoms with Crippen LogP contribution in [0.1, 0.15) is 60.3 Å². The van der Waals surface area contributed by atoms with E-state index in [9.17, 15) is 38.4 Å². The number of benzene rings is 1. The van der Waals surface area contributed by atoms with Gasteiger partial charge in [-0.3, -0.25) is 44.4 Å². The summed E-state index contributed by atoms with van der Waals surface area (Å²) < 4.78 is 31.7. The molecule has 0 aliphatic carbocycles. The molecule has 16 nitrogen and oxygen atoms in total. The van der Waals surface area contributed by atoms with Crippen molar-refractivity contribution in [1.82, 2.24) is 10.9 Å². The van der Waals surface area contributed by atoms with Gasteiger partial charge in [-0.25, -0.2) is 4.79 Å². The molecule has 3 rings (SSSR count). The number of rotatable bonds is 17. The molecule has 0 atom stereocenters. The first-order valence-corrected chi connectivity index (χ1v) is 17.1. The fraction of sp³-hybridized carbons (Fsp3) is 0.455. The maximum Gasteiger partial charge on any atom is 0.330 e. The minimum Gasteiger partial charge on any atom is -0.465 e. The predicted molar refractivity (Wildman–Crippen MR) is 178 cm³/mol. The van der Waals surface area contributed by atoms with Crippen molar-refractivity contribution in [3.63, 3.8) is 0 Å². The lowest BCUT2D eigenvalue weighted by molar-refractivity contribution is -0.153. The molecular weight excluding hydrogens is 712 g/mol. The molecule has 2 amide bonds. The normalized spacial score (nSPS) is 13.7. The molecule has 2 aliphatic heterocycles. The number of hydrogen-bond donors (Lipinski definition) is 2. The average molecular weight is 751 g/mol. The molecule has 0 bridgehead atoms. The van der Waals surface area contributed by atoms with Gasteiger partial charge in [0.05, 0.1) is 66.1 Å². The van der Waals surface area contributed by atoms with Crippen molar-refractivity contribution in [3.8, 4) is 11.5 Å². The number of thioether (sulfide) groups is 2. The van der Waals surface area contributed by atoms with E-state index < -0.39 is 58.5 Å². The quantitative estimate of drug-likeness (QED) is 0.0769. The molecule has 0 spiro atoms. The second-order valence-electron chi connectivity index (χ2n) is 12.7. The van der Waals surface area contributed by atoms with Gasteiger partial charge in [0.15, 0.2) is 0 Å². The first kappa shape index (κ1) is 40.6. The predicted octanol–water partition coefficient (Wildman–Crippen LogP) is 3.06.